The van der Waals surface area contributed by atoms with E-state index in [1.54, 1.807) is 13.1 Å². The van der Waals surface area contributed by atoms with E-state index >= 15 is 0 Å². The summed E-state index contributed by atoms with van der Waals surface area (Å²) < 4.78 is 30.4. The average molecular weight is 246 g/mol. The van der Waals surface area contributed by atoms with E-state index in [9.17, 15) is 8.42 Å². The molecule has 0 spiro atoms. The second-order valence-corrected chi connectivity index (χ2v) is 6.08. The number of hydrogen-bond donors (Lipinski definition) is 1. The number of nitrogens with two attached hydrogens (primary N) is 1. The molecule has 6 heteroatoms. The summed E-state index contributed by atoms with van der Waals surface area (Å²) in [6.45, 7) is 4.57. The van der Waals surface area contributed by atoms with Crippen molar-refractivity contribution < 1.29 is 12.8 Å². The summed E-state index contributed by atoms with van der Waals surface area (Å²) in [4.78, 5) is 0. The maximum atomic E-state index is 12.0. The normalized spacial score (nSPS) is 12.6. The molecular weight excluding hydrogens is 228 g/mol. The van der Waals surface area contributed by atoms with Crippen LogP contribution in [-0.4, -0.2) is 26.3 Å². The molecule has 2 N–H and O–H groups in total. The zero-order valence-electron chi connectivity index (χ0n) is 9.80. The van der Waals surface area contributed by atoms with Crippen molar-refractivity contribution in [3.63, 3.8) is 0 Å². The van der Waals surface area contributed by atoms with Crippen molar-refractivity contribution >= 4 is 10.0 Å². The van der Waals surface area contributed by atoms with Crippen molar-refractivity contribution in [1.29, 1.82) is 0 Å². The van der Waals surface area contributed by atoms with Crippen molar-refractivity contribution in [3.8, 4) is 0 Å². The van der Waals surface area contributed by atoms with Gasteiger partial charge in [0.15, 0.2) is 0 Å². The van der Waals surface area contributed by atoms with Crippen LogP contribution >= 0.6 is 0 Å². The molecule has 0 amide bonds. The molecule has 0 atom stereocenters. The van der Waals surface area contributed by atoms with Gasteiger partial charge in [0.2, 0.25) is 5.09 Å². The molecule has 0 aliphatic rings. The van der Waals surface area contributed by atoms with E-state index in [2.05, 4.69) is 0 Å². The molecule has 0 saturated heterocycles. The van der Waals surface area contributed by atoms with Crippen molar-refractivity contribution in [2.45, 2.75) is 25.5 Å². The van der Waals surface area contributed by atoms with Crippen LogP contribution in [0.4, 0.5) is 0 Å². The molecule has 0 aliphatic heterocycles. The van der Waals surface area contributed by atoms with E-state index in [1.807, 2.05) is 13.8 Å². The lowest BCUT2D eigenvalue weighted by molar-refractivity contribution is 0.373. The third-order valence-electron chi connectivity index (χ3n) is 2.12. The van der Waals surface area contributed by atoms with E-state index < -0.39 is 10.0 Å². The largest absolute Gasteiger partial charge is 0.447 e. The summed E-state index contributed by atoms with van der Waals surface area (Å²) in [7, 11) is -1.97. The quantitative estimate of drug-likeness (QED) is 0.841. The van der Waals surface area contributed by atoms with Gasteiger partial charge in [-0.25, -0.2) is 8.42 Å². The van der Waals surface area contributed by atoms with E-state index in [4.69, 9.17) is 10.2 Å². The fraction of sp³-hybridized carbons (Fsp3) is 0.600. The summed E-state index contributed by atoms with van der Waals surface area (Å²) >= 11 is 0. The van der Waals surface area contributed by atoms with Gasteiger partial charge in [0.05, 0.1) is 6.54 Å². The fourth-order valence-electron chi connectivity index (χ4n) is 1.37. The molecule has 16 heavy (non-hydrogen) atoms. The Bertz CT molecular complexity index is 437. The van der Waals surface area contributed by atoms with Crippen molar-refractivity contribution in [1.82, 2.24) is 4.31 Å². The second kappa shape index (κ2) is 4.99. The lowest BCUT2D eigenvalue weighted by Crippen LogP contribution is -2.30. The van der Waals surface area contributed by atoms with Gasteiger partial charge in [-0.2, -0.15) is 4.31 Å². The van der Waals surface area contributed by atoms with Crippen LogP contribution in [0, 0.1) is 5.92 Å². The first-order valence-electron chi connectivity index (χ1n) is 5.13. The molecule has 0 radical (unpaired) electrons. The van der Waals surface area contributed by atoms with E-state index in [0.29, 0.717) is 12.3 Å². The molecule has 1 rings (SSSR count). The van der Waals surface area contributed by atoms with Crippen molar-refractivity contribution in [2.75, 3.05) is 13.6 Å². The van der Waals surface area contributed by atoms with Gasteiger partial charge in [0.1, 0.15) is 5.76 Å². The highest BCUT2D eigenvalue weighted by atomic mass is 32.2. The van der Waals surface area contributed by atoms with Crippen LogP contribution in [0.2, 0.25) is 0 Å². The third-order valence-corrected chi connectivity index (χ3v) is 3.82. The first kappa shape index (κ1) is 13.2. The Morgan fingerprint density at radius 2 is 2.06 bits per heavy atom. The Hall–Kier alpha value is -0.850. The zero-order chi connectivity index (χ0) is 12.3. The smallest absolute Gasteiger partial charge is 0.276 e. The van der Waals surface area contributed by atoms with Gasteiger partial charge in [0.25, 0.3) is 10.0 Å². The molecule has 0 fully saturated rings. The van der Waals surface area contributed by atoms with Gasteiger partial charge >= 0.3 is 0 Å². The number of furan rings is 1. The minimum absolute atomic E-state index is 0.0453. The minimum atomic E-state index is -3.51. The maximum Gasteiger partial charge on any atom is 0.276 e. The highest BCUT2D eigenvalue weighted by molar-refractivity contribution is 7.89. The number of nitrogens with zero attached hydrogens (tertiary/aromatic N) is 1. The Morgan fingerprint density at radius 3 is 2.50 bits per heavy atom. The van der Waals surface area contributed by atoms with Gasteiger partial charge < -0.3 is 10.2 Å². The summed E-state index contributed by atoms with van der Waals surface area (Å²) in [5.74, 6) is 0.736. The van der Waals surface area contributed by atoms with Gasteiger partial charge in [-0.3, -0.25) is 0 Å². The molecule has 1 aromatic heterocycles. The van der Waals surface area contributed by atoms with Crippen LogP contribution in [0.1, 0.15) is 19.6 Å². The first-order chi connectivity index (χ1) is 7.37. The van der Waals surface area contributed by atoms with Gasteiger partial charge in [0, 0.05) is 13.6 Å². The Balaban J connectivity index is 2.92. The van der Waals surface area contributed by atoms with Crippen LogP contribution in [0.15, 0.2) is 21.6 Å². The lowest BCUT2D eigenvalue weighted by atomic mass is 10.2. The maximum absolute atomic E-state index is 12.0. The predicted octanol–water partition coefficient (Wildman–Crippen LogP) is 1.01. The average Bonchev–Trinajstić information content (AvgIpc) is 2.65. The third kappa shape index (κ3) is 2.84. The standard InChI is InChI=1S/C10H18N2O3S/c1-8(2)7-12(3)16(13,14)10-5-4-9(6-11)15-10/h4-5,8H,6-7,11H2,1-3H3. The summed E-state index contributed by atoms with van der Waals surface area (Å²) in [6.07, 6.45) is 0. The van der Waals surface area contributed by atoms with Crippen molar-refractivity contribution in [2.24, 2.45) is 11.7 Å². The molecule has 0 aliphatic carbocycles. The number of rotatable bonds is 5. The highest BCUT2D eigenvalue weighted by Crippen LogP contribution is 2.18. The van der Waals surface area contributed by atoms with Gasteiger partial charge in [-0.15, -0.1) is 0 Å². The topological polar surface area (TPSA) is 76.5 Å². The van der Waals surface area contributed by atoms with Crippen LogP contribution in [0.25, 0.3) is 0 Å². The second-order valence-electron chi connectivity index (χ2n) is 4.10. The molecule has 0 aromatic carbocycles. The van der Waals surface area contributed by atoms with Crippen LogP contribution in [-0.2, 0) is 16.6 Å². The Morgan fingerprint density at radius 1 is 1.44 bits per heavy atom. The monoisotopic (exact) mass is 246 g/mol. The van der Waals surface area contributed by atoms with E-state index in [1.165, 1.54) is 10.4 Å². The summed E-state index contributed by atoms with van der Waals surface area (Å²) in [6, 6.07) is 3.02. The van der Waals surface area contributed by atoms with Crippen LogP contribution in [0.3, 0.4) is 0 Å². The SMILES string of the molecule is CC(C)CN(C)S(=O)(=O)c1ccc(CN)o1. The van der Waals surface area contributed by atoms with Crippen molar-refractivity contribution in [3.05, 3.63) is 17.9 Å². The molecule has 1 heterocycles. The zero-order valence-corrected chi connectivity index (χ0v) is 10.6. The van der Waals surface area contributed by atoms with Crippen LogP contribution < -0.4 is 5.73 Å². The molecule has 0 unspecified atom stereocenters. The van der Waals surface area contributed by atoms with Gasteiger partial charge in [-0.1, -0.05) is 13.8 Å². The first-order valence-corrected chi connectivity index (χ1v) is 6.57. The Kier molecular flexibility index (Phi) is 4.12. The van der Waals surface area contributed by atoms with Crippen LogP contribution in [0.5, 0.6) is 0 Å². The molecular formula is C10H18N2O3S. The molecule has 1 aromatic rings. The fourth-order valence-corrected chi connectivity index (χ4v) is 2.63. The Labute approximate surface area is 96.3 Å². The minimum Gasteiger partial charge on any atom is -0.447 e. The van der Waals surface area contributed by atoms with E-state index in [-0.39, 0.29) is 17.6 Å². The van der Waals surface area contributed by atoms with E-state index in [0.717, 1.165) is 0 Å². The summed E-state index contributed by atoms with van der Waals surface area (Å²) in [5.41, 5.74) is 5.36. The number of hydrogen-bond acceptors (Lipinski definition) is 4. The molecule has 92 valence electrons. The molecule has 0 saturated carbocycles. The summed E-state index contributed by atoms with van der Waals surface area (Å²) in [5, 5.41) is -0.0453. The molecule has 0 bridgehead atoms. The highest BCUT2D eigenvalue weighted by Gasteiger charge is 2.24. The molecule has 5 nitrogen and oxygen atoms in total. The number of sulfonamides is 1. The predicted molar refractivity (Wildman–Crippen MR) is 61.3 cm³/mol. The lowest BCUT2D eigenvalue weighted by Gasteiger charge is -2.17. The van der Waals surface area contributed by atoms with Gasteiger partial charge in [-0.05, 0) is 18.1 Å².